The largest absolute Gasteiger partial charge is 0.388 e. The van der Waals surface area contributed by atoms with Gasteiger partial charge in [-0.25, -0.2) is 4.79 Å². The van der Waals surface area contributed by atoms with E-state index < -0.39 is 5.60 Å². The summed E-state index contributed by atoms with van der Waals surface area (Å²) in [5, 5.41) is 15.5. The van der Waals surface area contributed by atoms with Crippen LogP contribution < -0.4 is 10.6 Å². The molecule has 2 fully saturated rings. The van der Waals surface area contributed by atoms with Crippen molar-refractivity contribution in [1.29, 1.82) is 0 Å². The van der Waals surface area contributed by atoms with E-state index in [0.717, 1.165) is 38.5 Å². The summed E-state index contributed by atoms with van der Waals surface area (Å²) in [6.07, 6.45) is 5.97. The lowest BCUT2D eigenvalue weighted by Gasteiger charge is -2.22. The van der Waals surface area contributed by atoms with Crippen LogP contribution in [-0.4, -0.2) is 29.3 Å². The van der Waals surface area contributed by atoms with Gasteiger partial charge >= 0.3 is 6.03 Å². The van der Waals surface area contributed by atoms with Crippen molar-refractivity contribution in [1.82, 2.24) is 10.6 Å². The average molecular weight is 198 g/mol. The molecule has 2 amide bonds. The predicted molar refractivity (Wildman–Crippen MR) is 53.0 cm³/mol. The van der Waals surface area contributed by atoms with E-state index in [1.807, 2.05) is 0 Å². The highest BCUT2D eigenvalue weighted by atomic mass is 16.3. The van der Waals surface area contributed by atoms with Gasteiger partial charge in [0.25, 0.3) is 0 Å². The standard InChI is InChI=1S/C10H18N2O2/c13-9(12-8-3-4-8)11-7-10(14)5-1-2-6-10/h8,14H,1-7H2,(H2,11,12,13). The van der Waals surface area contributed by atoms with Crippen LogP contribution >= 0.6 is 0 Å². The molecular formula is C10H18N2O2. The Bertz CT molecular complexity index is 220. The number of urea groups is 1. The highest BCUT2D eigenvalue weighted by Crippen LogP contribution is 2.28. The van der Waals surface area contributed by atoms with Gasteiger partial charge in [-0.05, 0) is 25.7 Å². The van der Waals surface area contributed by atoms with Crippen LogP contribution in [0, 0.1) is 0 Å². The minimum atomic E-state index is -0.638. The van der Waals surface area contributed by atoms with Gasteiger partial charge in [-0.3, -0.25) is 0 Å². The number of hydrogen-bond donors (Lipinski definition) is 3. The molecule has 4 heteroatoms. The summed E-state index contributed by atoms with van der Waals surface area (Å²) in [4.78, 5) is 11.3. The molecule has 0 radical (unpaired) electrons. The minimum absolute atomic E-state index is 0.132. The quantitative estimate of drug-likeness (QED) is 0.626. The van der Waals surface area contributed by atoms with Crippen LogP contribution in [0.2, 0.25) is 0 Å². The first-order chi connectivity index (χ1) is 6.68. The Morgan fingerprint density at radius 2 is 2.00 bits per heavy atom. The molecule has 0 aliphatic heterocycles. The first-order valence-corrected chi connectivity index (χ1v) is 5.45. The Hall–Kier alpha value is -0.770. The number of carbonyl (C=O) groups is 1. The Balaban J connectivity index is 1.67. The molecule has 3 N–H and O–H groups in total. The fraction of sp³-hybridized carbons (Fsp3) is 0.900. The molecule has 4 nitrogen and oxygen atoms in total. The van der Waals surface area contributed by atoms with Crippen molar-refractivity contribution in [2.75, 3.05) is 6.54 Å². The fourth-order valence-electron chi connectivity index (χ4n) is 1.92. The van der Waals surface area contributed by atoms with Gasteiger partial charge in [-0.2, -0.15) is 0 Å². The molecule has 0 bridgehead atoms. The van der Waals surface area contributed by atoms with E-state index in [4.69, 9.17) is 0 Å². The van der Waals surface area contributed by atoms with E-state index in [1.165, 1.54) is 0 Å². The molecule has 0 saturated heterocycles. The number of amides is 2. The summed E-state index contributed by atoms with van der Waals surface area (Å²) in [5.41, 5.74) is -0.638. The lowest BCUT2D eigenvalue weighted by atomic mass is 10.0. The van der Waals surface area contributed by atoms with Gasteiger partial charge in [0.15, 0.2) is 0 Å². The van der Waals surface area contributed by atoms with E-state index in [2.05, 4.69) is 10.6 Å². The van der Waals surface area contributed by atoms with Crippen LogP contribution in [0.5, 0.6) is 0 Å². The SMILES string of the molecule is O=C(NCC1(O)CCCC1)NC1CC1. The normalized spacial score (nSPS) is 24.6. The van der Waals surface area contributed by atoms with Gasteiger partial charge in [0.05, 0.1) is 5.60 Å². The zero-order valence-electron chi connectivity index (χ0n) is 8.38. The Morgan fingerprint density at radius 1 is 1.36 bits per heavy atom. The predicted octanol–water partition coefficient (Wildman–Crippen LogP) is 0.753. The third-order valence-corrected chi connectivity index (χ3v) is 3.02. The number of nitrogens with one attached hydrogen (secondary N) is 2. The maximum absolute atomic E-state index is 11.3. The van der Waals surface area contributed by atoms with Gasteiger partial charge in [-0.1, -0.05) is 12.8 Å². The van der Waals surface area contributed by atoms with E-state index in [1.54, 1.807) is 0 Å². The van der Waals surface area contributed by atoms with Crippen molar-refractivity contribution < 1.29 is 9.90 Å². The first-order valence-electron chi connectivity index (χ1n) is 5.45. The molecule has 0 aromatic rings. The van der Waals surface area contributed by atoms with Gasteiger partial charge in [0.1, 0.15) is 0 Å². The zero-order valence-corrected chi connectivity index (χ0v) is 8.38. The summed E-state index contributed by atoms with van der Waals surface area (Å²) >= 11 is 0. The van der Waals surface area contributed by atoms with Crippen molar-refractivity contribution >= 4 is 6.03 Å². The molecule has 14 heavy (non-hydrogen) atoms. The van der Waals surface area contributed by atoms with E-state index in [0.29, 0.717) is 12.6 Å². The number of aliphatic hydroxyl groups is 1. The van der Waals surface area contributed by atoms with E-state index in [-0.39, 0.29) is 6.03 Å². The fourth-order valence-corrected chi connectivity index (χ4v) is 1.92. The molecule has 0 aromatic carbocycles. The van der Waals surface area contributed by atoms with Crippen molar-refractivity contribution in [3.8, 4) is 0 Å². The average Bonchev–Trinajstić information content (AvgIpc) is 2.85. The Kier molecular flexibility index (Phi) is 2.63. The Morgan fingerprint density at radius 3 is 2.57 bits per heavy atom. The molecule has 0 aromatic heterocycles. The van der Waals surface area contributed by atoms with Crippen molar-refractivity contribution in [3.05, 3.63) is 0 Å². The number of carbonyl (C=O) groups excluding carboxylic acids is 1. The third kappa shape index (κ3) is 2.61. The molecular weight excluding hydrogens is 180 g/mol. The second-order valence-corrected chi connectivity index (χ2v) is 4.53. The summed E-state index contributed by atoms with van der Waals surface area (Å²) < 4.78 is 0. The Labute approximate surface area is 84.1 Å². The zero-order chi connectivity index (χ0) is 10.0. The molecule has 0 atom stereocenters. The van der Waals surface area contributed by atoms with Crippen molar-refractivity contribution in [3.63, 3.8) is 0 Å². The summed E-state index contributed by atoms with van der Waals surface area (Å²) in [6, 6.07) is 0.251. The summed E-state index contributed by atoms with van der Waals surface area (Å²) in [6.45, 7) is 0.394. The number of rotatable bonds is 3. The van der Waals surface area contributed by atoms with Crippen LogP contribution in [0.4, 0.5) is 4.79 Å². The van der Waals surface area contributed by atoms with Crippen LogP contribution in [0.3, 0.4) is 0 Å². The molecule has 2 saturated carbocycles. The van der Waals surface area contributed by atoms with E-state index in [9.17, 15) is 9.90 Å². The molecule has 0 unspecified atom stereocenters. The van der Waals surface area contributed by atoms with Gasteiger partial charge in [-0.15, -0.1) is 0 Å². The maximum Gasteiger partial charge on any atom is 0.315 e. The lowest BCUT2D eigenvalue weighted by molar-refractivity contribution is 0.0501. The van der Waals surface area contributed by atoms with Crippen LogP contribution in [-0.2, 0) is 0 Å². The van der Waals surface area contributed by atoms with Crippen LogP contribution in [0.1, 0.15) is 38.5 Å². The topological polar surface area (TPSA) is 61.4 Å². The van der Waals surface area contributed by atoms with Crippen LogP contribution in [0.15, 0.2) is 0 Å². The molecule has 80 valence electrons. The van der Waals surface area contributed by atoms with Gasteiger partial charge in [0, 0.05) is 12.6 Å². The first kappa shape index (κ1) is 9.77. The molecule has 0 heterocycles. The second-order valence-electron chi connectivity index (χ2n) is 4.53. The van der Waals surface area contributed by atoms with Crippen molar-refractivity contribution in [2.24, 2.45) is 0 Å². The molecule has 2 aliphatic rings. The lowest BCUT2D eigenvalue weighted by Crippen LogP contribution is -2.45. The van der Waals surface area contributed by atoms with E-state index >= 15 is 0 Å². The highest BCUT2D eigenvalue weighted by molar-refractivity contribution is 5.74. The molecule has 2 rings (SSSR count). The third-order valence-electron chi connectivity index (χ3n) is 3.02. The van der Waals surface area contributed by atoms with Gasteiger partial charge in [0.2, 0.25) is 0 Å². The maximum atomic E-state index is 11.3. The summed E-state index contributed by atoms with van der Waals surface area (Å²) in [5.74, 6) is 0. The highest BCUT2D eigenvalue weighted by Gasteiger charge is 2.31. The van der Waals surface area contributed by atoms with Crippen LogP contribution in [0.25, 0.3) is 0 Å². The summed E-state index contributed by atoms with van der Waals surface area (Å²) in [7, 11) is 0. The monoisotopic (exact) mass is 198 g/mol. The minimum Gasteiger partial charge on any atom is -0.388 e. The van der Waals surface area contributed by atoms with Gasteiger partial charge < -0.3 is 15.7 Å². The molecule has 2 aliphatic carbocycles. The second kappa shape index (κ2) is 3.77. The molecule has 0 spiro atoms. The number of hydrogen-bond acceptors (Lipinski definition) is 2. The van der Waals surface area contributed by atoms with Crippen molar-refractivity contribution in [2.45, 2.75) is 50.2 Å². The smallest absolute Gasteiger partial charge is 0.315 e.